The maximum Gasteiger partial charge on any atom is 0.321 e. The lowest BCUT2D eigenvalue weighted by atomic mass is 9.32. The van der Waals surface area contributed by atoms with E-state index in [2.05, 4.69) is 41.5 Å². The minimum Gasteiger partial charge on any atom is -0.465 e. The smallest absolute Gasteiger partial charge is 0.321 e. The van der Waals surface area contributed by atoms with E-state index in [4.69, 9.17) is 14.2 Å². The SMILES string of the molecule is CC(=O)OC[C@]12CC/C(=C(/C)C3CC(=O)OC3=O)C1C1CCC3[C@@]4(C)CC[C@H](OC(C)=O)C(C)(C)C4CC[C@@]3(C)[C@]1(C)CC2. The molecule has 1 heterocycles. The van der Waals surface area contributed by atoms with Gasteiger partial charge in [-0.3, -0.25) is 19.2 Å². The molecule has 0 aromatic carbocycles. The zero-order chi connectivity index (χ0) is 32.0. The minimum atomic E-state index is -0.494. The zero-order valence-electron chi connectivity index (χ0n) is 28.3. The summed E-state index contributed by atoms with van der Waals surface area (Å²) in [6.07, 6.45) is 10.6. The molecule has 10 atom stereocenters. The molecule has 0 N–H and O–H groups in total. The van der Waals surface area contributed by atoms with E-state index in [1.165, 1.54) is 19.4 Å². The normalized spacial score (nSPS) is 47.0. The van der Waals surface area contributed by atoms with Crippen LogP contribution in [0, 0.1) is 56.7 Å². The number of carbonyl (C=O) groups is 4. The Hall–Kier alpha value is -2.18. The fourth-order valence-electron chi connectivity index (χ4n) is 12.8. The number of fused-ring (bicyclic) bond motifs is 7. The summed E-state index contributed by atoms with van der Waals surface area (Å²) in [6.45, 7) is 17.9. The van der Waals surface area contributed by atoms with Crippen LogP contribution < -0.4 is 0 Å². The van der Waals surface area contributed by atoms with Gasteiger partial charge in [-0.2, -0.15) is 0 Å². The molecule has 6 rings (SSSR count). The molecule has 6 fully saturated rings. The van der Waals surface area contributed by atoms with Crippen LogP contribution in [-0.2, 0) is 33.4 Å². The van der Waals surface area contributed by atoms with Crippen LogP contribution in [0.1, 0.15) is 126 Å². The molecule has 44 heavy (non-hydrogen) atoms. The van der Waals surface area contributed by atoms with Gasteiger partial charge in [0.2, 0.25) is 0 Å². The van der Waals surface area contributed by atoms with Gasteiger partial charge in [0.1, 0.15) is 6.10 Å². The molecule has 244 valence electrons. The fourth-order valence-corrected chi connectivity index (χ4v) is 12.8. The van der Waals surface area contributed by atoms with Crippen molar-refractivity contribution < 1.29 is 33.4 Å². The molecule has 0 aromatic rings. The Labute approximate surface area is 263 Å². The van der Waals surface area contributed by atoms with Crippen LogP contribution in [0.25, 0.3) is 0 Å². The molecule has 0 aromatic heterocycles. The van der Waals surface area contributed by atoms with Crippen molar-refractivity contribution in [3.63, 3.8) is 0 Å². The van der Waals surface area contributed by atoms with Crippen LogP contribution in [0.4, 0.5) is 0 Å². The summed E-state index contributed by atoms with van der Waals surface area (Å²) in [5.74, 6) is -0.0371. The van der Waals surface area contributed by atoms with Crippen LogP contribution in [0.5, 0.6) is 0 Å². The van der Waals surface area contributed by atoms with Crippen LogP contribution in [0.15, 0.2) is 11.1 Å². The van der Waals surface area contributed by atoms with E-state index in [0.29, 0.717) is 24.4 Å². The van der Waals surface area contributed by atoms with Crippen molar-refractivity contribution in [1.29, 1.82) is 0 Å². The third-order valence-electron chi connectivity index (χ3n) is 15.1. The second-order valence-electron chi connectivity index (χ2n) is 17.0. The topological polar surface area (TPSA) is 96.0 Å². The molecule has 7 nitrogen and oxygen atoms in total. The number of rotatable bonds is 4. The van der Waals surface area contributed by atoms with Crippen LogP contribution in [0.2, 0.25) is 0 Å². The standard InChI is InChI=1S/C37H54O7/c1-21(25-19-30(40)44-32(25)41)24-11-16-37(20-42-22(2)38)18-17-35(7)26(31(24)37)9-10-28-34(6)14-13-29(43-23(3)39)33(4,5)27(34)12-15-36(28,35)8/h25-29,31H,9-20H2,1-8H3/b24-21+/t25?,26?,27?,28?,29-,31?,34-,35+,36+,37+/m0/s1. The third-order valence-corrected chi connectivity index (χ3v) is 15.1. The van der Waals surface area contributed by atoms with Crippen LogP contribution >= 0.6 is 0 Å². The average molecular weight is 611 g/mol. The van der Waals surface area contributed by atoms with Crippen LogP contribution in [-0.4, -0.2) is 36.6 Å². The molecule has 5 unspecified atom stereocenters. The predicted octanol–water partition coefficient (Wildman–Crippen LogP) is 7.35. The Morgan fingerprint density at radius 2 is 1.55 bits per heavy atom. The number of cyclic esters (lactones) is 2. The van der Waals surface area contributed by atoms with Gasteiger partial charge < -0.3 is 14.2 Å². The van der Waals surface area contributed by atoms with Gasteiger partial charge in [0, 0.05) is 24.7 Å². The maximum atomic E-state index is 12.8. The maximum absolute atomic E-state index is 12.8. The Kier molecular flexibility index (Phi) is 7.53. The van der Waals surface area contributed by atoms with E-state index in [-0.39, 0.29) is 57.5 Å². The minimum absolute atomic E-state index is 0.0331. The molecule has 0 amide bonds. The van der Waals surface area contributed by atoms with Gasteiger partial charge in [0.15, 0.2) is 0 Å². The summed E-state index contributed by atoms with van der Waals surface area (Å²) in [6, 6.07) is 0. The molecule has 7 heteroatoms. The Bertz CT molecular complexity index is 1300. The lowest BCUT2D eigenvalue weighted by Crippen LogP contribution is -2.66. The molecule has 0 radical (unpaired) electrons. The molecule has 5 aliphatic carbocycles. The van der Waals surface area contributed by atoms with E-state index >= 15 is 0 Å². The molecule has 1 saturated heterocycles. The molecule has 5 saturated carbocycles. The van der Waals surface area contributed by atoms with Crippen molar-refractivity contribution in [3.05, 3.63) is 11.1 Å². The first-order valence-corrected chi connectivity index (χ1v) is 17.2. The first-order valence-electron chi connectivity index (χ1n) is 17.2. The predicted molar refractivity (Wildman–Crippen MR) is 165 cm³/mol. The number of hydrogen-bond donors (Lipinski definition) is 0. The van der Waals surface area contributed by atoms with Gasteiger partial charge in [-0.15, -0.1) is 0 Å². The highest BCUT2D eigenvalue weighted by Crippen LogP contribution is 2.77. The number of esters is 4. The van der Waals surface area contributed by atoms with Gasteiger partial charge in [-0.05, 0) is 111 Å². The van der Waals surface area contributed by atoms with Crippen molar-refractivity contribution >= 4 is 23.9 Å². The molecular weight excluding hydrogens is 556 g/mol. The van der Waals surface area contributed by atoms with Gasteiger partial charge in [0.05, 0.1) is 18.9 Å². The second-order valence-corrected chi connectivity index (χ2v) is 17.0. The van der Waals surface area contributed by atoms with Crippen molar-refractivity contribution in [1.82, 2.24) is 0 Å². The van der Waals surface area contributed by atoms with E-state index in [1.807, 2.05) is 0 Å². The summed E-state index contributed by atoms with van der Waals surface area (Å²) in [5, 5.41) is 0. The van der Waals surface area contributed by atoms with Gasteiger partial charge in [0.25, 0.3) is 0 Å². The van der Waals surface area contributed by atoms with Gasteiger partial charge >= 0.3 is 23.9 Å². The first kappa shape index (κ1) is 31.8. The summed E-state index contributed by atoms with van der Waals surface area (Å²) >= 11 is 0. The van der Waals surface area contributed by atoms with E-state index in [9.17, 15) is 19.2 Å². The van der Waals surface area contributed by atoms with Crippen molar-refractivity contribution in [2.24, 2.45) is 56.7 Å². The highest BCUT2D eigenvalue weighted by atomic mass is 16.6. The summed E-state index contributed by atoms with van der Waals surface area (Å²) in [7, 11) is 0. The third kappa shape index (κ3) is 4.40. The van der Waals surface area contributed by atoms with Crippen LogP contribution in [0.3, 0.4) is 0 Å². The number of ether oxygens (including phenoxy) is 3. The highest BCUT2D eigenvalue weighted by molar-refractivity contribution is 5.96. The highest BCUT2D eigenvalue weighted by Gasteiger charge is 2.71. The quantitative estimate of drug-likeness (QED) is 0.142. The van der Waals surface area contributed by atoms with E-state index < -0.39 is 17.9 Å². The molecule has 6 aliphatic rings. The number of hydrogen-bond acceptors (Lipinski definition) is 7. The van der Waals surface area contributed by atoms with Gasteiger partial charge in [-0.25, -0.2) is 0 Å². The Morgan fingerprint density at radius 3 is 2.18 bits per heavy atom. The molecule has 1 aliphatic heterocycles. The van der Waals surface area contributed by atoms with E-state index in [1.54, 1.807) is 0 Å². The van der Waals surface area contributed by atoms with Crippen molar-refractivity contribution in [2.75, 3.05) is 6.61 Å². The fraction of sp³-hybridized carbons (Fsp3) is 0.838. The lowest BCUT2D eigenvalue weighted by molar-refractivity contribution is -0.247. The molecular formula is C37H54O7. The monoisotopic (exact) mass is 610 g/mol. The first-order chi connectivity index (χ1) is 20.5. The van der Waals surface area contributed by atoms with E-state index in [0.717, 1.165) is 69.8 Å². The van der Waals surface area contributed by atoms with Crippen molar-refractivity contribution in [3.8, 4) is 0 Å². The largest absolute Gasteiger partial charge is 0.465 e. The Balaban J connectivity index is 1.38. The van der Waals surface area contributed by atoms with Crippen molar-refractivity contribution in [2.45, 2.75) is 132 Å². The zero-order valence-corrected chi connectivity index (χ0v) is 28.3. The van der Waals surface area contributed by atoms with Gasteiger partial charge in [-0.1, -0.05) is 45.8 Å². The molecule has 0 spiro atoms. The number of allylic oxidation sites excluding steroid dienone is 1. The average Bonchev–Trinajstić information content (AvgIpc) is 3.48. The summed E-state index contributed by atoms with van der Waals surface area (Å²) < 4.78 is 16.8. The molecule has 0 bridgehead atoms. The Morgan fingerprint density at radius 1 is 0.818 bits per heavy atom. The summed E-state index contributed by atoms with van der Waals surface area (Å²) in [4.78, 5) is 49.0. The lowest BCUT2D eigenvalue weighted by Gasteiger charge is -2.72. The number of carbonyl (C=O) groups excluding carboxylic acids is 4. The summed E-state index contributed by atoms with van der Waals surface area (Å²) in [5.41, 5.74) is 2.55. The second kappa shape index (κ2) is 10.4.